The first-order chi connectivity index (χ1) is 15.8. The number of nitrogens with one attached hydrogen (secondary N) is 3. The summed E-state index contributed by atoms with van der Waals surface area (Å²) in [7, 11) is 0. The van der Waals surface area contributed by atoms with Crippen molar-refractivity contribution in [1.82, 2.24) is 15.3 Å². The van der Waals surface area contributed by atoms with E-state index >= 15 is 0 Å². The van der Waals surface area contributed by atoms with Crippen molar-refractivity contribution in [2.24, 2.45) is 11.8 Å². The van der Waals surface area contributed by atoms with Gasteiger partial charge in [-0.2, -0.15) is 0 Å². The van der Waals surface area contributed by atoms with Crippen molar-refractivity contribution in [2.45, 2.75) is 58.1 Å². The molecule has 0 aromatic carbocycles. The molecule has 4 heterocycles. The number of piperidine rings is 1. The zero-order valence-corrected chi connectivity index (χ0v) is 20.4. The molecule has 1 amide bonds. The zero-order valence-electron chi connectivity index (χ0n) is 19.7. The van der Waals surface area contributed by atoms with Crippen LogP contribution in [0.2, 0.25) is 5.02 Å². The lowest BCUT2D eigenvalue weighted by Crippen LogP contribution is -2.41. The highest BCUT2D eigenvalue weighted by molar-refractivity contribution is 6.33. The van der Waals surface area contributed by atoms with Gasteiger partial charge in [0, 0.05) is 37.5 Å². The van der Waals surface area contributed by atoms with E-state index in [4.69, 9.17) is 21.3 Å². The van der Waals surface area contributed by atoms with Crippen LogP contribution in [0.5, 0.6) is 0 Å². The lowest BCUT2D eigenvalue weighted by Gasteiger charge is -2.35. The second kappa shape index (κ2) is 10.4. The molecule has 2 aromatic heterocycles. The van der Waals surface area contributed by atoms with Gasteiger partial charge in [-0.05, 0) is 70.6 Å². The molecule has 0 bridgehead atoms. The Bertz CT molecular complexity index is 975. The molecule has 2 fully saturated rings. The molecule has 3 atom stereocenters. The second-order valence-electron chi connectivity index (χ2n) is 9.88. The number of ether oxygens (including phenoxy) is 1. The summed E-state index contributed by atoms with van der Waals surface area (Å²) in [6.45, 7) is 8.76. The van der Waals surface area contributed by atoms with Gasteiger partial charge in [0.25, 0.3) is 0 Å². The smallest absolute Gasteiger partial charge is 0.229 e. The Balaban J connectivity index is 1.42. The number of rotatable bonds is 6. The summed E-state index contributed by atoms with van der Waals surface area (Å²) in [5, 5.41) is 10.3. The van der Waals surface area contributed by atoms with E-state index in [2.05, 4.69) is 41.7 Å². The fourth-order valence-electron chi connectivity index (χ4n) is 4.62. The van der Waals surface area contributed by atoms with E-state index in [0.717, 1.165) is 55.9 Å². The summed E-state index contributed by atoms with van der Waals surface area (Å²) in [5.41, 5.74) is 1.41. The van der Waals surface area contributed by atoms with E-state index in [1.165, 1.54) is 0 Å². The van der Waals surface area contributed by atoms with Crippen molar-refractivity contribution in [3.8, 4) is 11.3 Å². The molecule has 4 rings (SSSR count). The zero-order chi connectivity index (χ0) is 23.4. The highest BCUT2D eigenvalue weighted by atomic mass is 35.5. The van der Waals surface area contributed by atoms with Crippen LogP contribution in [0.4, 0.5) is 11.6 Å². The molecule has 2 aromatic rings. The Kier molecular flexibility index (Phi) is 7.51. The number of anilines is 2. The maximum Gasteiger partial charge on any atom is 0.229 e. The number of carbonyl (C=O) groups is 1. The van der Waals surface area contributed by atoms with Gasteiger partial charge in [-0.15, -0.1) is 0 Å². The third kappa shape index (κ3) is 6.43. The quantitative estimate of drug-likeness (QED) is 0.564. The molecule has 0 radical (unpaired) electrons. The number of halogens is 1. The van der Waals surface area contributed by atoms with E-state index in [-0.39, 0.29) is 17.4 Å². The Morgan fingerprint density at radius 1 is 1.27 bits per heavy atom. The summed E-state index contributed by atoms with van der Waals surface area (Å²) in [5.74, 6) is 1.77. The average Bonchev–Trinajstić information content (AvgIpc) is 2.79. The van der Waals surface area contributed by atoms with Crippen LogP contribution < -0.4 is 16.0 Å². The SMILES string of the molecule is C[C@H]1CC[C@H](C(=O)Nc2cc(-c3cccc(NC[C@@H]4CCOC(C)(C)C4)n3)c(Cl)cn2)CN1. The molecule has 2 aliphatic rings. The highest BCUT2D eigenvalue weighted by Crippen LogP contribution is 2.31. The van der Waals surface area contributed by atoms with Gasteiger partial charge < -0.3 is 20.7 Å². The fraction of sp³-hybridized carbons (Fsp3) is 0.560. The summed E-state index contributed by atoms with van der Waals surface area (Å²) in [6, 6.07) is 8.10. The van der Waals surface area contributed by atoms with Gasteiger partial charge >= 0.3 is 0 Å². The number of hydrogen-bond acceptors (Lipinski definition) is 6. The van der Waals surface area contributed by atoms with Gasteiger partial charge in [-0.1, -0.05) is 17.7 Å². The third-order valence-electron chi connectivity index (χ3n) is 6.53. The standard InChI is InChI=1S/C25H34ClN5O2/c1-16-7-8-18(14-27-16)24(32)31-23-11-19(20(26)15-29-23)21-5-4-6-22(30-21)28-13-17-9-10-33-25(2,3)12-17/h4-6,11,15-18,27H,7-10,12-14H2,1-3H3,(H,28,30)(H,29,31,32)/t16-,17+,18-/m0/s1. The van der Waals surface area contributed by atoms with Gasteiger partial charge in [0.2, 0.25) is 5.91 Å². The van der Waals surface area contributed by atoms with Crippen molar-refractivity contribution in [2.75, 3.05) is 30.3 Å². The van der Waals surface area contributed by atoms with Gasteiger partial charge in [0.05, 0.1) is 22.2 Å². The first kappa shape index (κ1) is 23.9. The van der Waals surface area contributed by atoms with E-state index in [0.29, 0.717) is 29.3 Å². The minimum Gasteiger partial charge on any atom is -0.376 e. The minimum atomic E-state index is -0.0722. The molecule has 178 valence electrons. The van der Waals surface area contributed by atoms with Crippen molar-refractivity contribution < 1.29 is 9.53 Å². The largest absolute Gasteiger partial charge is 0.376 e. The molecule has 0 spiro atoms. The fourth-order valence-corrected chi connectivity index (χ4v) is 4.82. The van der Waals surface area contributed by atoms with Gasteiger partial charge in [-0.3, -0.25) is 4.79 Å². The van der Waals surface area contributed by atoms with Crippen LogP contribution in [0.3, 0.4) is 0 Å². The maximum atomic E-state index is 12.7. The van der Waals surface area contributed by atoms with Crippen molar-refractivity contribution in [3.05, 3.63) is 35.5 Å². The van der Waals surface area contributed by atoms with Crippen LogP contribution in [0.1, 0.15) is 46.5 Å². The summed E-state index contributed by atoms with van der Waals surface area (Å²) in [6.07, 6.45) is 5.51. The first-order valence-corrected chi connectivity index (χ1v) is 12.2. The van der Waals surface area contributed by atoms with Crippen LogP contribution in [0.25, 0.3) is 11.3 Å². The van der Waals surface area contributed by atoms with Crippen molar-refractivity contribution >= 4 is 29.1 Å². The minimum absolute atomic E-state index is 0.0158. The molecule has 2 aliphatic heterocycles. The molecule has 33 heavy (non-hydrogen) atoms. The Hall–Kier alpha value is -2.22. The van der Waals surface area contributed by atoms with Crippen LogP contribution in [-0.4, -0.2) is 47.2 Å². The third-order valence-corrected chi connectivity index (χ3v) is 6.84. The average molecular weight is 472 g/mol. The Morgan fingerprint density at radius 2 is 2.12 bits per heavy atom. The Labute approximate surface area is 201 Å². The van der Waals surface area contributed by atoms with E-state index in [1.807, 2.05) is 18.2 Å². The lowest BCUT2D eigenvalue weighted by molar-refractivity contribution is -0.120. The number of aromatic nitrogens is 2. The number of carbonyl (C=O) groups excluding carboxylic acids is 1. The maximum absolute atomic E-state index is 12.7. The molecule has 3 N–H and O–H groups in total. The monoisotopic (exact) mass is 471 g/mol. The summed E-state index contributed by atoms with van der Waals surface area (Å²) < 4.78 is 5.82. The second-order valence-corrected chi connectivity index (χ2v) is 10.3. The normalized spacial score (nSPS) is 24.8. The van der Waals surface area contributed by atoms with Gasteiger partial charge in [0.1, 0.15) is 11.6 Å². The van der Waals surface area contributed by atoms with Crippen LogP contribution in [0.15, 0.2) is 30.5 Å². The first-order valence-electron chi connectivity index (χ1n) is 11.8. The molecule has 0 unspecified atom stereocenters. The molecular formula is C25H34ClN5O2. The van der Waals surface area contributed by atoms with E-state index < -0.39 is 0 Å². The molecule has 2 saturated heterocycles. The number of amides is 1. The molecule has 0 aliphatic carbocycles. The number of pyridine rings is 2. The van der Waals surface area contributed by atoms with Crippen molar-refractivity contribution in [1.29, 1.82) is 0 Å². The predicted molar refractivity (Wildman–Crippen MR) is 133 cm³/mol. The van der Waals surface area contributed by atoms with Gasteiger partial charge in [0.15, 0.2) is 0 Å². The topological polar surface area (TPSA) is 88.2 Å². The molecular weight excluding hydrogens is 438 g/mol. The lowest BCUT2D eigenvalue weighted by atomic mass is 9.88. The number of nitrogens with zero attached hydrogens (tertiary/aromatic N) is 2. The summed E-state index contributed by atoms with van der Waals surface area (Å²) >= 11 is 6.46. The predicted octanol–water partition coefficient (Wildman–Crippen LogP) is 4.74. The van der Waals surface area contributed by atoms with Crippen LogP contribution in [-0.2, 0) is 9.53 Å². The molecule has 8 heteroatoms. The summed E-state index contributed by atoms with van der Waals surface area (Å²) in [4.78, 5) is 21.8. The van der Waals surface area contributed by atoms with E-state index in [9.17, 15) is 4.79 Å². The Morgan fingerprint density at radius 3 is 2.88 bits per heavy atom. The molecule has 7 nitrogen and oxygen atoms in total. The van der Waals surface area contributed by atoms with Crippen molar-refractivity contribution in [3.63, 3.8) is 0 Å². The van der Waals surface area contributed by atoms with Crippen LogP contribution >= 0.6 is 11.6 Å². The van der Waals surface area contributed by atoms with Crippen LogP contribution in [0, 0.1) is 11.8 Å². The number of hydrogen-bond donors (Lipinski definition) is 3. The van der Waals surface area contributed by atoms with Gasteiger partial charge in [-0.25, -0.2) is 9.97 Å². The highest BCUT2D eigenvalue weighted by Gasteiger charge is 2.28. The van der Waals surface area contributed by atoms with E-state index in [1.54, 1.807) is 12.3 Å². The molecule has 0 saturated carbocycles.